The molecule has 3 heteroatoms. The summed E-state index contributed by atoms with van der Waals surface area (Å²) in [5.74, 6) is 1.79. The molecule has 2 rings (SSSR count). The Balaban J connectivity index is 2.39. The number of hydrogen-bond donors (Lipinski definition) is 0. The van der Waals surface area contributed by atoms with Crippen molar-refractivity contribution >= 4 is 11.9 Å². The number of ketones is 1. The molecule has 2 unspecified atom stereocenters. The molecule has 0 aromatic heterocycles. The van der Waals surface area contributed by atoms with Crippen LogP contribution in [0.1, 0.15) is 42.6 Å². The summed E-state index contributed by atoms with van der Waals surface area (Å²) in [6, 6.07) is 3.66. The second-order valence-corrected chi connectivity index (χ2v) is 5.31. The van der Waals surface area contributed by atoms with Crippen LogP contribution in [0.3, 0.4) is 0 Å². The SMILES string of the molecule is CCCC(C)C1C=Cc2cc(OC)c(OC)cc2C1=O. The lowest BCUT2D eigenvalue weighted by molar-refractivity contribution is 0.0908. The van der Waals surface area contributed by atoms with Gasteiger partial charge in [-0.3, -0.25) is 4.79 Å². The molecule has 0 N–H and O–H groups in total. The fraction of sp³-hybridized carbons (Fsp3) is 0.471. The van der Waals surface area contributed by atoms with E-state index in [1.807, 2.05) is 18.2 Å². The third-order valence-corrected chi connectivity index (χ3v) is 3.96. The fourth-order valence-corrected chi connectivity index (χ4v) is 2.80. The molecule has 20 heavy (non-hydrogen) atoms. The Kier molecular flexibility index (Phi) is 4.48. The first-order valence-corrected chi connectivity index (χ1v) is 7.10. The van der Waals surface area contributed by atoms with Crippen molar-refractivity contribution in [2.24, 2.45) is 11.8 Å². The Hall–Kier alpha value is -1.77. The van der Waals surface area contributed by atoms with Gasteiger partial charge >= 0.3 is 0 Å². The Morgan fingerprint density at radius 1 is 1.20 bits per heavy atom. The van der Waals surface area contributed by atoms with E-state index in [9.17, 15) is 4.79 Å². The maximum Gasteiger partial charge on any atom is 0.170 e. The Bertz CT molecular complexity index is 531. The lowest BCUT2D eigenvalue weighted by Crippen LogP contribution is -2.23. The van der Waals surface area contributed by atoms with Crippen LogP contribution < -0.4 is 9.47 Å². The van der Waals surface area contributed by atoms with Crippen molar-refractivity contribution in [3.05, 3.63) is 29.3 Å². The highest BCUT2D eigenvalue weighted by Gasteiger charge is 2.28. The second-order valence-electron chi connectivity index (χ2n) is 5.31. The smallest absolute Gasteiger partial charge is 0.170 e. The largest absolute Gasteiger partial charge is 0.493 e. The minimum absolute atomic E-state index is 0.0273. The third kappa shape index (κ3) is 2.58. The van der Waals surface area contributed by atoms with Gasteiger partial charge in [0, 0.05) is 11.5 Å². The fourth-order valence-electron chi connectivity index (χ4n) is 2.80. The predicted octanol–water partition coefficient (Wildman–Crippen LogP) is 3.97. The van der Waals surface area contributed by atoms with E-state index in [-0.39, 0.29) is 11.7 Å². The first kappa shape index (κ1) is 14.6. The van der Waals surface area contributed by atoms with Crippen molar-refractivity contribution < 1.29 is 14.3 Å². The Morgan fingerprint density at radius 2 is 1.85 bits per heavy atom. The van der Waals surface area contributed by atoms with Crippen LogP contribution in [-0.4, -0.2) is 20.0 Å². The van der Waals surface area contributed by atoms with Crippen LogP contribution >= 0.6 is 0 Å². The van der Waals surface area contributed by atoms with E-state index >= 15 is 0 Å². The van der Waals surface area contributed by atoms with E-state index in [1.54, 1.807) is 20.3 Å². The van der Waals surface area contributed by atoms with Gasteiger partial charge in [0.25, 0.3) is 0 Å². The molecule has 1 aliphatic carbocycles. The predicted molar refractivity (Wildman–Crippen MR) is 80.5 cm³/mol. The van der Waals surface area contributed by atoms with Crippen LogP contribution in [0, 0.1) is 11.8 Å². The van der Waals surface area contributed by atoms with Gasteiger partial charge in [-0.05, 0) is 30.0 Å². The highest BCUT2D eigenvalue weighted by Crippen LogP contribution is 2.36. The highest BCUT2D eigenvalue weighted by molar-refractivity contribution is 6.05. The lowest BCUT2D eigenvalue weighted by Gasteiger charge is -2.24. The van der Waals surface area contributed by atoms with E-state index in [1.165, 1.54) is 0 Å². The zero-order valence-electron chi connectivity index (χ0n) is 12.6. The first-order valence-electron chi connectivity index (χ1n) is 7.10. The summed E-state index contributed by atoms with van der Waals surface area (Å²) in [5.41, 5.74) is 1.64. The molecule has 1 aromatic carbocycles. The van der Waals surface area contributed by atoms with Gasteiger partial charge in [0.2, 0.25) is 0 Å². The molecule has 108 valence electrons. The van der Waals surface area contributed by atoms with E-state index in [0.29, 0.717) is 17.4 Å². The second kappa shape index (κ2) is 6.12. The quantitative estimate of drug-likeness (QED) is 0.815. The molecule has 0 fully saturated rings. The lowest BCUT2D eigenvalue weighted by atomic mass is 9.79. The van der Waals surface area contributed by atoms with Crippen molar-refractivity contribution in [1.82, 2.24) is 0 Å². The van der Waals surface area contributed by atoms with Crippen LogP contribution in [0.15, 0.2) is 18.2 Å². The molecule has 0 aliphatic heterocycles. The zero-order chi connectivity index (χ0) is 14.7. The molecule has 0 radical (unpaired) electrons. The van der Waals surface area contributed by atoms with Crippen LogP contribution in [-0.2, 0) is 0 Å². The molecule has 1 aliphatic rings. The molecular weight excluding hydrogens is 252 g/mol. The van der Waals surface area contributed by atoms with Gasteiger partial charge in [0.15, 0.2) is 17.3 Å². The number of ether oxygens (including phenoxy) is 2. The van der Waals surface area contributed by atoms with Crippen molar-refractivity contribution in [3.8, 4) is 11.5 Å². The summed E-state index contributed by atoms with van der Waals surface area (Å²) >= 11 is 0. The maximum absolute atomic E-state index is 12.7. The van der Waals surface area contributed by atoms with Crippen molar-refractivity contribution in [1.29, 1.82) is 0 Å². The topological polar surface area (TPSA) is 35.5 Å². The number of rotatable bonds is 5. The van der Waals surface area contributed by atoms with E-state index in [4.69, 9.17) is 9.47 Å². The van der Waals surface area contributed by atoms with Gasteiger partial charge in [0.05, 0.1) is 14.2 Å². The Labute approximate surface area is 120 Å². The van der Waals surface area contributed by atoms with Crippen LogP contribution in [0.2, 0.25) is 0 Å². The summed E-state index contributed by atoms with van der Waals surface area (Å²) in [6.07, 6.45) is 6.20. The number of fused-ring (bicyclic) bond motifs is 1. The standard InChI is InChI=1S/C17H22O3/c1-5-6-11(2)13-8-7-12-9-15(19-3)16(20-4)10-14(12)17(13)18/h7-11,13H,5-6H2,1-4H3. The summed E-state index contributed by atoms with van der Waals surface area (Å²) in [5, 5.41) is 0. The summed E-state index contributed by atoms with van der Waals surface area (Å²) < 4.78 is 10.6. The number of Topliss-reactive ketones (excluding diaryl/α,β-unsaturated/α-hetero) is 1. The number of allylic oxidation sites excluding steroid dienone is 1. The van der Waals surface area contributed by atoms with Crippen LogP contribution in [0.25, 0.3) is 6.08 Å². The van der Waals surface area contributed by atoms with Gasteiger partial charge in [-0.2, -0.15) is 0 Å². The van der Waals surface area contributed by atoms with Crippen LogP contribution in [0.4, 0.5) is 0 Å². The Morgan fingerprint density at radius 3 is 2.45 bits per heavy atom. The van der Waals surface area contributed by atoms with Crippen molar-refractivity contribution in [2.45, 2.75) is 26.7 Å². The average molecular weight is 274 g/mol. The molecule has 0 saturated heterocycles. The van der Waals surface area contributed by atoms with Crippen molar-refractivity contribution in [2.75, 3.05) is 14.2 Å². The number of methoxy groups -OCH3 is 2. The van der Waals surface area contributed by atoms with Gasteiger partial charge in [-0.25, -0.2) is 0 Å². The molecule has 0 heterocycles. The molecule has 0 spiro atoms. The molecule has 2 atom stereocenters. The normalized spacial score (nSPS) is 18.6. The monoisotopic (exact) mass is 274 g/mol. The zero-order valence-corrected chi connectivity index (χ0v) is 12.6. The first-order chi connectivity index (χ1) is 9.62. The summed E-state index contributed by atoms with van der Waals surface area (Å²) in [4.78, 5) is 12.7. The van der Waals surface area contributed by atoms with E-state index < -0.39 is 0 Å². The van der Waals surface area contributed by atoms with Gasteiger partial charge in [-0.15, -0.1) is 0 Å². The summed E-state index contributed by atoms with van der Waals surface area (Å²) in [6.45, 7) is 4.29. The molecule has 1 aromatic rings. The summed E-state index contributed by atoms with van der Waals surface area (Å²) in [7, 11) is 3.19. The number of carbonyl (C=O) groups is 1. The van der Waals surface area contributed by atoms with Gasteiger partial charge in [0.1, 0.15) is 0 Å². The average Bonchev–Trinajstić information content (AvgIpc) is 2.46. The molecule has 0 amide bonds. The molecular formula is C17H22O3. The number of hydrogen-bond acceptors (Lipinski definition) is 3. The van der Waals surface area contributed by atoms with Crippen molar-refractivity contribution in [3.63, 3.8) is 0 Å². The van der Waals surface area contributed by atoms with E-state index in [2.05, 4.69) is 13.8 Å². The van der Waals surface area contributed by atoms with E-state index in [0.717, 1.165) is 24.0 Å². The molecule has 0 bridgehead atoms. The minimum atomic E-state index is -0.0273. The third-order valence-electron chi connectivity index (χ3n) is 3.96. The molecule has 0 saturated carbocycles. The highest BCUT2D eigenvalue weighted by atomic mass is 16.5. The van der Waals surface area contributed by atoms with Gasteiger partial charge < -0.3 is 9.47 Å². The number of benzene rings is 1. The minimum Gasteiger partial charge on any atom is -0.493 e. The number of carbonyl (C=O) groups excluding carboxylic acids is 1. The van der Waals surface area contributed by atoms with Gasteiger partial charge in [-0.1, -0.05) is 32.4 Å². The molecule has 3 nitrogen and oxygen atoms in total. The maximum atomic E-state index is 12.7. The van der Waals surface area contributed by atoms with Crippen LogP contribution in [0.5, 0.6) is 11.5 Å².